The van der Waals surface area contributed by atoms with Gasteiger partial charge in [-0.05, 0) is 49.2 Å². The number of carbonyl (C=O) groups excluding carboxylic acids is 2. The maximum absolute atomic E-state index is 13.4. The number of hydrogen-bond acceptors (Lipinski definition) is 5. The van der Waals surface area contributed by atoms with Gasteiger partial charge in [0.05, 0.1) is 5.92 Å². The molecule has 1 aromatic carbocycles. The van der Waals surface area contributed by atoms with Crippen LogP contribution in [-0.4, -0.2) is 53.0 Å². The molecule has 2 aromatic rings. The van der Waals surface area contributed by atoms with Crippen molar-refractivity contribution in [3.05, 3.63) is 59.7 Å². The van der Waals surface area contributed by atoms with Crippen LogP contribution in [0.25, 0.3) is 0 Å². The maximum atomic E-state index is 13.4. The van der Waals surface area contributed by atoms with Crippen LogP contribution in [0.15, 0.2) is 42.6 Å². The van der Waals surface area contributed by atoms with Crippen LogP contribution in [0.1, 0.15) is 28.9 Å². The summed E-state index contributed by atoms with van der Waals surface area (Å²) in [5.74, 6) is -1.11. The van der Waals surface area contributed by atoms with E-state index in [2.05, 4.69) is 20.5 Å². The van der Waals surface area contributed by atoms with Crippen LogP contribution in [0.3, 0.4) is 0 Å². The van der Waals surface area contributed by atoms with Gasteiger partial charge >= 0.3 is 0 Å². The highest BCUT2D eigenvalue weighted by Crippen LogP contribution is 2.19. The number of nitrogens with zero attached hydrogens (tertiary/aromatic N) is 2. The molecule has 0 radical (unpaired) electrons. The lowest BCUT2D eigenvalue weighted by Gasteiger charge is -2.32. The van der Waals surface area contributed by atoms with Gasteiger partial charge < -0.3 is 15.7 Å². The van der Waals surface area contributed by atoms with Crippen molar-refractivity contribution in [1.29, 1.82) is 0 Å². The fourth-order valence-electron chi connectivity index (χ4n) is 3.47. The van der Waals surface area contributed by atoms with E-state index in [0.717, 1.165) is 24.9 Å². The molecule has 3 N–H and O–H groups in total. The summed E-state index contributed by atoms with van der Waals surface area (Å²) in [6, 6.07) is 9.44. The Balaban J connectivity index is 1.41. The summed E-state index contributed by atoms with van der Waals surface area (Å²) in [7, 11) is 0. The lowest BCUT2D eigenvalue weighted by Crippen LogP contribution is -2.44. The SMILES string of the molecule is O=C(NCCNC(=O)C1CCCN(Cc2cccc(F)c2)C1)c1ncccc1O. The highest BCUT2D eigenvalue weighted by molar-refractivity contribution is 5.94. The van der Waals surface area contributed by atoms with E-state index in [1.54, 1.807) is 6.07 Å². The predicted molar refractivity (Wildman–Crippen MR) is 106 cm³/mol. The van der Waals surface area contributed by atoms with Gasteiger partial charge in [-0.15, -0.1) is 0 Å². The fourth-order valence-corrected chi connectivity index (χ4v) is 3.47. The third-order valence-corrected chi connectivity index (χ3v) is 4.88. The molecule has 1 aliphatic heterocycles. The summed E-state index contributed by atoms with van der Waals surface area (Å²) < 4.78 is 13.4. The van der Waals surface area contributed by atoms with Crippen molar-refractivity contribution in [3.63, 3.8) is 0 Å². The lowest BCUT2D eigenvalue weighted by atomic mass is 9.96. The van der Waals surface area contributed by atoms with Crippen LogP contribution in [0.4, 0.5) is 4.39 Å². The summed E-state index contributed by atoms with van der Waals surface area (Å²) in [6.07, 6.45) is 3.14. The zero-order chi connectivity index (χ0) is 20.6. The van der Waals surface area contributed by atoms with E-state index < -0.39 is 5.91 Å². The van der Waals surface area contributed by atoms with Gasteiger partial charge in [0.15, 0.2) is 5.69 Å². The van der Waals surface area contributed by atoms with E-state index in [-0.39, 0.29) is 35.6 Å². The molecule has 2 amide bonds. The van der Waals surface area contributed by atoms with Crippen molar-refractivity contribution in [2.45, 2.75) is 19.4 Å². The number of halogens is 1. The zero-order valence-electron chi connectivity index (χ0n) is 16.1. The quantitative estimate of drug-likeness (QED) is 0.615. The molecule has 8 heteroatoms. The van der Waals surface area contributed by atoms with E-state index in [0.29, 0.717) is 19.6 Å². The van der Waals surface area contributed by atoms with E-state index in [1.807, 2.05) is 6.07 Å². The first-order chi connectivity index (χ1) is 14.0. The number of aromatic hydroxyl groups is 1. The minimum Gasteiger partial charge on any atom is -0.505 e. The predicted octanol–water partition coefficient (Wildman–Crippen LogP) is 1.68. The van der Waals surface area contributed by atoms with Crippen molar-refractivity contribution in [2.75, 3.05) is 26.2 Å². The van der Waals surface area contributed by atoms with E-state index in [4.69, 9.17) is 0 Å². The number of pyridine rings is 1. The molecule has 1 fully saturated rings. The summed E-state index contributed by atoms with van der Waals surface area (Å²) in [5, 5.41) is 15.1. The van der Waals surface area contributed by atoms with Crippen molar-refractivity contribution >= 4 is 11.8 Å². The zero-order valence-corrected chi connectivity index (χ0v) is 16.1. The van der Waals surface area contributed by atoms with Gasteiger partial charge in [0, 0.05) is 32.4 Å². The average molecular weight is 400 g/mol. The summed E-state index contributed by atoms with van der Waals surface area (Å²) in [5.41, 5.74) is 0.852. The standard InChI is InChI=1S/C21H25FN4O3/c22-17-6-1-4-15(12-17)13-26-11-3-5-16(14-26)20(28)24-9-10-25-21(29)19-18(27)7-2-8-23-19/h1-2,4,6-8,12,16,27H,3,5,9-11,13-14H2,(H,24,28)(H,25,29). The van der Waals surface area contributed by atoms with Gasteiger partial charge in [-0.1, -0.05) is 12.1 Å². The Labute approximate surface area is 168 Å². The molecule has 0 aliphatic carbocycles. The Kier molecular flexibility index (Phi) is 7.13. The highest BCUT2D eigenvalue weighted by atomic mass is 19.1. The topological polar surface area (TPSA) is 94.6 Å². The molecule has 0 bridgehead atoms. The summed E-state index contributed by atoms with van der Waals surface area (Å²) >= 11 is 0. The van der Waals surface area contributed by atoms with Crippen molar-refractivity contribution < 1.29 is 19.1 Å². The second-order valence-corrected chi connectivity index (χ2v) is 7.12. The Bertz CT molecular complexity index is 861. The minimum atomic E-state index is -0.490. The molecule has 0 spiro atoms. The molecule has 1 unspecified atom stereocenters. The Morgan fingerprint density at radius 3 is 2.83 bits per heavy atom. The summed E-state index contributed by atoms with van der Waals surface area (Å²) in [6.45, 7) is 2.64. The van der Waals surface area contributed by atoms with Crippen LogP contribution in [0, 0.1) is 11.7 Å². The molecular weight excluding hydrogens is 375 g/mol. The van der Waals surface area contributed by atoms with Crippen molar-refractivity contribution in [3.8, 4) is 5.75 Å². The first kappa shape index (κ1) is 20.7. The van der Waals surface area contributed by atoms with Crippen molar-refractivity contribution in [2.24, 2.45) is 5.92 Å². The molecule has 1 aliphatic rings. The molecule has 3 rings (SSSR count). The molecule has 2 heterocycles. The summed E-state index contributed by atoms with van der Waals surface area (Å²) in [4.78, 5) is 30.4. The van der Waals surface area contributed by atoms with Gasteiger partial charge in [-0.25, -0.2) is 9.37 Å². The Morgan fingerprint density at radius 1 is 1.21 bits per heavy atom. The number of likely N-dealkylation sites (tertiary alicyclic amines) is 1. The number of hydrogen-bond donors (Lipinski definition) is 3. The fraction of sp³-hybridized carbons (Fsp3) is 0.381. The largest absolute Gasteiger partial charge is 0.505 e. The smallest absolute Gasteiger partial charge is 0.273 e. The molecule has 7 nitrogen and oxygen atoms in total. The van der Waals surface area contributed by atoms with Crippen molar-refractivity contribution in [1.82, 2.24) is 20.5 Å². The molecule has 1 atom stereocenters. The monoisotopic (exact) mass is 400 g/mol. The Hall–Kier alpha value is -3.00. The van der Waals surface area contributed by atoms with Crippen LogP contribution in [0.2, 0.25) is 0 Å². The second kappa shape index (κ2) is 9.97. The molecule has 29 heavy (non-hydrogen) atoms. The number of aromatic nitrogens is 1. The van der Waals surface area contributed by atoms with Crippen LogP contribution in [-0.2, 0) is 11.3 Å². The van der Waals surface area contributed by atoms with Gasteiger partial charge in [-0.2, -0.15) is 0 Å². The number of rotatable bonds is 7. The van der Waals surface area contributed by atoms with Crippen LogP contribution >= 0.6 is 0 Å². The molecule has 1 aromatic heterocycles. The second-order valence-electron chi connectivity index (χ2n) is 7.12. The number of piperidine rings is 1. The average Bonchev–Trinajstić information content (AvgIpc) is 2.71. The molecule has 0 saturated carbocycles. The van der Waals surface area contributed by atoms with E-state index in [9.17, 15) is 19.1 Å². The minimum absolute atomic E-state index is 0.0425. The Morgan fingerprint density at radius 2 is 2.03 bits per heavy atom. The normalized spacial score (nSPS) is 16.9. The lowest BCUT2D eigenvalue weighted by molar-refractivity contribution is -0.126. The van der Waals surface area contributed by atoms with Gasteiger partial charge in [-0.3, -0.25) is 14.5 Å². The molecule has 1 saturated heterocycles. The number of benzene rings is 1. The van der Waals surface area contributed by atoms with E-state index >= 15 is 0 Å². The third-order valence-electron chi connectivity index (χ3n) is 4.88. The number of nitrogens with one attached hydrogen (secondary N) is 2. The van der Waals surface area contributed by atoms with Gasteiger partial charge in [0.1, 0.15) is 11.6 Å². The first-order valence-electron chi connectivity index (χ1n) is 9.69. The first-order valence-corrected chi connectivity index (χ1v) is 9.69. The van der Waals surface area contributed by atoms with Crippen LogP contribution in [0.5, 0.6) is 5.75 Å². The van der Waals surface area contributed by atoms with Crippen LogP contribution < -0.4 is 10.6 Å². The van der Waals surface area contributed by atoms with Gasteiger partial charge in [0.2, 0.25) is 5.91 Å². The third kappa shape index (κ3) is 5.99. The molecular formula is C21H25FN4O3. The number of carbonyl (C=O) groups is 2. The highest BCUT2D eigenvalue weighted by Gasteiger charge is 2.25. The maximum Gasteiger partial charge on any atom is 0.273 e. The molecule has 154 valence electrons. The van der Waals surface area contributed by atoms with E-state index in [1.165, 1.54) is 30.5 Å². The number of amides is 2. The van der Waals surface area contributed by atoms with Gasteiger partial charge in [0.25, 0.3) is 5.91 Å².